The fourth-order valence-electron chi connectivity index (χ4n) is 4.26. The molecule has 4 aromatic rings. The van der Waals surface area contributed by atoms with Crippen LogP contribution in [-0.4, -0.2) is 58.2 Å². The molecule has 3 heterocycles. The molecular weight excluding hydrogens is 495 g/mol. The number of carbonyl (C=O) groups excluding carboxylic acids is 2. The van der Waals surface area contributed by atoms with Gasteiger partial charge in [-0.25, -0.2) is 9.07 Å². The Labute approximate surface area is 218 Å². The van der Waals surface area contributed by atoms with Gasteiger partial charge in [-0.05, 0) is 43.4 Å². The number of hydrogen-bond acceptors (Lipinski definition) is 5. The number of nitrogens with one attached hydrogen (secondary N) is 2. The Morgan fingerprint density at radius 3 is 2.51 bits per heavy atom. The first-order valence-corrected chi connectivity index (χ1v) is 12.1. The summed E-state index contributed by atoms with van der Waals surface area (Å²) in [5.41, 5.74) is 1.39. The minimum atomic E-state index is -0.591. The van der Waals surface area contributed by atoms with Gasteiger partial charge in [-0.15, -0.1) is 0 Å². The van der Waals surface area contributed by atoms with E-state index in [1.54, 1.807) is 30.3 Å². The smallest absolute Gasteiger partial charge is 0.271 e. The van der Waals surface area contributed by atoms with Gasteiger partial charge in [0.15, 0.2) is 5.69 Å². The first-order chi connectivity index (χ1) is 17.9. The molecule has 2 aromatic carbocycles. The number of amides is 2. The number of likely N-dealkylation sites (tertiary alicyclic amines) is 1. The molecule has 0 bridgehead atoms. The van der Waals surface area contributed by atoms with E-state index in [9.17, 15) is 14.0 Å². The summed E-state index contributed by atoms with van der Waals surface area (Å²) in [6, 6.07) is 18.2. The summed E-state index contributed by atoms with van der Waals surface area (Å²) in [6.45, 7) is 2.41. The molecular formula is C27H24ClFN6O2. The molecule has 0 unspecified atom stereocenters. The van der Waals surface area contributed by atoms with Gasteiger partial charge in [-0.3, -0.25) is 14.6 Å². The summed E-state index contributed by atoms with van der Waals surface area (Å²) >= 11 is 6.25. The van der Waals surface area contributed by atoms with Crippen LogP contribution in [0.1, 0.15) is 20.8 Å². The van der Waals surface area contributed by atoms with Gasteiger partial charge in [-0.1, -0.05) is 35.9 Å². The summed E-state index contributed by atoms with van der Waals surface area (Å²) in [5, 5.41) is 10.1. The first-order valence-electron chi connectivity index (χ1n) is 11.7. The van der Waals surface area contributed by atoms with Crippen LogP contribution < -0.4 is 10.6 Å². The van der Waals surface area contributed by atoms with E-state index in [0.717, 1.165) is 19.2 Å². The lowest BCUT2D eigenvalue weighted by atomic mass is 10.0. The quantitative estimate of drug-likeness (QED) is 0.381. The summed E-state index contributed by atoms with van der Waals surface area (Å²) in [7, 11) is 2.03. The summed E-state index contributed by atoms with van der Waals surface area (Å²) < 4.78 is 16.1. The predicted octanol–water partition coefficient (Wildman–Crippen LogP) is 4.27. The van der Waals surface area contributed by atoms with Crippen molar-refractivity contribution in [2.24, 2.45) is 5.92 Å². The van der Waals surface area contributed by atoms with Crippen molar-refractivity contribution < 1.29 is 14.0 Å². The van der Waals surface area contributed by atoms with E-state index in [4.69, 9.17) is 11.6 Å². The highest BCUT2D eigenvalue weighted by atomic mass is 35.5. The molecule has 5 rings (SSSR count). The Morgan fingerprint density at radius 2 is 1.81 bits per heavy atom. The van der Waals surface area contributed by atoms with E-state index in [0.29, 0.717) is 23.8 Å². The molecule has 2 N–H and O–H groups in total. The molecule has 2 amide bonds. The third-order valence-electron chi connectivity index (χ3n) is 6.12. The lowest BCUT2D eigenvalue weighted by Gasteiger charge is -2.36. The Morgan fingerprint density at radius 1 is 1.05 bits per heavy atom. The molecule has 0 aliphatic carbocycles. The van der Waals surface area contributed by atoms with Crippen molar-refractivity contribution in [2.75, 3.05) is 32.0 Å². The van der Waals surface area contributed by atoms with Crippen LogP contribution in [0.4, 0.5) is 10.2 Å². The molecule has 0 radical (unpaired) electrons. The number of para-hydroxylation sites is 1. The van der Waals surface area contributed by atoms with Gasteiger partial charge in [0, 0.05) is 43.4 Å². The van der Waals surface area contributed by atoms with Crippen molar-refractivity contribution >= 4 is 29.2 Å². The maximum absolute atomic E-state index is 14.6. The number of carbonyl (C=O) groups is 2. The molecule has 10 heteroatoms. The van der Waals surface area contributed by atoms with Gasteiger partial charge in [-0.2, -0.15) is 5.10 Å². The lowest BCUT2D eigenvalue weighted by Crippen LogP contribution is -2.49. The highest BCUT2D eigenvalue weighted by Gasteiger charge is 2.25. The molecule has 37 heavy (non-hydrogen) atoms. The zero-order chi connectivity index (χ0) is 25.9. The van der Waals surface area contributed by atoms with Gasteiger partial charge in [0.2, 0.25) is 0 Å². The first kappa shape index (κ1) is 24.6. The molecule has 1 fully saturated rings. The van der Waals surface area contributed by atoms with Gasteiger partial charge < -0.3 is 15.5 Å². The monoisotopic (exact) mass is 518 g/mol. The Kier molecular flexibility index (Phi) is 6.98. The van der Waals surface area contributed by atoms with E-state index in [-0.39, 0.29) is 33.6 Å². The van der Waals surface area contributed by atoms with E-state index in [1.165, 1.54) is 23.0 Å². The Bertz CT molecular complexity index is 1440. The van der Waals surface area contributed by atoms with Crippen molar-refractivity contribution in [2.45, 2.75) is 0 Å². The van der Waals surface area contributed by atoms with Crippen molar-refractivity contribution in [3.05, 3.63) is 95.0 Å². The van der Waals surface area contributed by atoms with Crippen molar-refractivity contribution in [1.29, 1.82) is 0 Å². The molecule has 0 spiro atoms. The fraction of sp³-hybridized carbons (Fsp3) is 0.185. The van der Waals surface area contributed by atoms with Crippen molar-refractivity contribution in [1.82, 2.24) is 25.0 Å². The van der Waals surface area contributed by atoms with Crippen molar-refractivity contribution in [3.63, 3.8) is 0 Å². The maximum atomic E-state index is 14.6. The maximum Gasteiger partial charge on any atom is 0.271 e. The second kappa shape index (κ2) is 10.5. The fourth-order valence-corrected chi connectivity index (χ4v) is 4.49. The summed E-state index contributed by atoms with van der Waals surface area (Å²) in [4.78, 5) is 32.5. The average molecular weight is 519 g/mol. The largest absolute Gasteiger partial charge is 0.350 e. The minimum absolute atomic E-state index is 0.0520. The summed E-state index contributed by atoms with van der Waals surface area (Å²) in [5.74, 6) is -0.838. The molecule has 1 aliphatic rings. The zero-order valence-electron chi connectivity index (χ0n) is 20.0. The van der Waals surface area contributed by atoms with Gasteiger partial charge in [0.1, 0.15) is 11.6 Å². The van der Waals surface area contributed by atoms with E-state index in [1.807, 2.05) is 25.2 Å². The average Bonchev–Trinajstić information content (AvgIpc) is 3.30. The van der Waals surface area contributed by atoms with Crippen LogP contribution in [-0.2, 0) is 0 Å². The van der Waals surface area contributed by atoms with Crippen LogP contribution in [0, 0.1) is 11.7 Å². The van der Waals surface area contributed by atoms with E-state index >= 15 is 0 Å². The van der Waals surface area contributed by atoms with Crippen LogP contribution in [0.3, 0.4) is 0 Å². The molecule has 188 valence electrons. The number of nitrogens with zero attached hydrogens (tertiary/aromatic N) is 4. The van der Waals surface area contributed by atoms with Crippen LogP contribution in [0.25, 0.3) is 16.9 Å². The van der Waals surface area contributed by atoms with Crippen molar-refractivity contribution in [3.8, 4) is 16.9 Å². The highest BCUT2D eigenvalue weighted by Crippen LogP contribution is 2.28. The third-order valence-corrected chi connectivity index (χ3v) is 6.43. The number of benzene rings is 2. The van der Waals surface area contributed by atoms with E-state index < -0.39 is 11.7 Å². The van der Waals surface area contributed by atoms with Gasteiger partial charge in [0.05, 0.1) is 22.0 Å². The second-order valence-electron chi connectivity index (χ2n) is 8.94. The van der Waals surface area contributed by atoms with Crippen LogP contribution in [0.15, 0.2) is 72.9 Å². The standard InChI is InChI=1S/C27H24ClFN6O2/c1-34-15-17(16-34)14-31-27(37)24-13-25(35(33-24)18-7-3-2-4-8-18)32-26(36)19-11-20(22(29)12-21(19)28)23-9-5-6-10-30-23/h2-13,17H,14-16H2,1H3,(H,31,37)(H,32,36). The molecule has 8 nitrogen and oxygen atoms in total. The summed E-state index contributed by atoms with van der Waals surface area (Å²) in [6.07, 6.45) is 1.54. The molecule has 1 aliphatic heterocycles. The number of hydrogen-bond donors (Lipinski definition) is 2. The Hall–Kier alpha value is -4.08. The second-order valence-corrected chi connectivity index (χ2v) is 9.35. The molecule has 2 aromatic heterocycles. The third kappa shape index (κ3) is 5.37. The molecule has 1 saturated heterocycles. The lowest BCUT2D eigenvalue weighted by molar-refractivity contribution is 0.0892. The normalized spacial score (nSPS) is 13.7. The van der Waals surface area contributed by atoms with Gasteiger partial charge in [0.25, 0.3) is 11.8 Å². The number of anilines is 1. The number of rotatable bonds is 7. The predicted molar refractivity (Wildman–Crippen MR) is 139 cm³/mol. The number of pyridine rings is 1. The van der Waals surface area contributed by atoms with Crippen LogP contribution >= 0.6 is 11.6 Å². The van der Waals surface area contributed by atoms with Crippen LogP contribution in [0.5, 0.6) is 0 Å². The Balaban J connectivity index is 1.43. The van der Waals surface area contributed by atoms with Gasteiger partial charge >= 0.3 is 0 Å². The highest BCUT2D eigenvalue weighted by molar-refractivity contribution is 6.34. The number of halogens is 2. The van der Waals surface area contributed by atoms with E-state index in [2.05, 4.69) is 25.6 Å². The minimum Gasteiger partial charge on any atom is -0.350 e. The number of aromatic nitrogens is 3. The van der Waals surface area contributed by atoms with Crippen LogP contribution in [0.2, 0.25) is 5.02 Å². The topological polar surface area (TPSA) is 92.2 Å². The molecule has 0 saturated carbocycles. The zero-order valence-corrected chi connectivity index (χ0v) is 20.7. The SMILES string of the molecule is CN1CC(CNC(=O)c2cc(NC(=O)c3cc(-c4ccccn4)c(F)cc3Cl)n(-c3ccccc3)n2)C1. The molecule has 0 atom stereocenters.